The van der Waals surface area contributed by atoms with Crippen LogP contribution in [-0.2, 0) is 6.54 Å². The monoisotopic (exact) mass is 343 g/mol. The molecule has 128 valence electrons. The Kier molecular flexibility index (Phi) is 4.30. The van der Waals surface area contributed by atoms with Crippen molar-refractivity contribution in [1.82, 2.24) is 20.3 Å². The zero-order chi connectivity index (χ0) is 17.8. The van der Waals surface area contributed by atoms with Crippen LogP contribution in [0, 0.1) is 0 Å². The number of rotatable bonds is 5. The molecule has 0 bridgehead atoms. The van der Waals surface area contributed by atoms with E-state index in [-0.39, 0.29) is 5.91 Å². The Morgan fingerprint density at radius 2 is 1.88 bits per heavy atom. The van der Waals surface area contributed by atoms with Crippen LogP contribution in [-0.4, -0.2) is 20.9 Å². The summed E-state index contributed by atoms with van der Waals surface area (Å²) >= 11 is 0. The zero-order valence-corrected chi connectivity index (χ0v) is 13.9. The Hall–Kier alpha value is -3.67. The average Bonchev–Trinajstić information content (AvgIpc) is 3.17. The van der Waals surface area contributed by atoms with Crippen LogP contribution in [0.3, 0.4) is 0 Å². The van der Waals surface area contributed by atoms with Gasteiger partial charge in [0.1, 0.15) is 11.8 Å². The maximum atomic E-state index is 12.4. The number of fused-ring (bicyclic) bond motifs is 1. The summed E-state index contributed by atoms with van der Waals surface area (Å²) in [6.45, 7) is 0.492. The number of aromatic nitrogens is 3. The molecule has 26 heavy (non-hydrogen) atoms. The highest BCUT2D eigenvalue weighted by Crippen LogP contribution is 2.22. The molecular formula is C20H17N5O. The van der Waals surface area contributed by atoms with Gasteiger partial charge in [-0.3, -0.25) is 4.79 Å². The molecule has 0 radical (unpaired) electrons. The van der Waals surface area contributed by atoms with E-state index in [2.05, 4.69) is 25.6 Å². The zero-order valence-electron chi connectivity index (χ0n) is 13.9. The van der Waals surface area contributed by atoms with Crippen molar-refractivity contribution in [3.05, 3.63) is 84.3 Å². The number of aromatic amines is 1. The Balaban J connectivity index is 1.49. The largest absolute Gasteiger partial charge is 0.357 e. The van der Waals surface area contributed by atoms with Crippen molar-refractivity contribution in [1.29, 1.82) is 0 Å². The molecule has 0 saturated carbocycles. The molecule has 6 nitrogen and oxygen atoms in total. The Bertz CT molecular complexity index is 1040. The van der Waals surface area contributed by atoms with E-state index in [1.165, 1.54) is 6.33 Å². The fourth-order valence-corrected chi connectivity index (χ4v) is 2.72. The minimum Gasteiger partial charge on any atom is -0.357 e. The molecule has 2 aromatic heterocycles. The third kappa shape index (κ3) is 3.39. The lowest BCUT2D eigenvalue weighted by Gasteiger charge is -2.09. The van der Waals surface area contributed by atoms with Crippen molar-refractivity contribution in [2.75, 3.05) is 5.32 Å². The summed E-state index contributed by atoms with van der Waals surface area (Å²) in [5.74, 6) is 0.548. The minimum absolute atomic E-state index is 0.120. The van der Waals surface area contributed by atoms with Gasteiger partial charge in [0.05, 0.1) is 5.52 Å². The number of benzene rings is 2. The van der Waals surface area contributed by atoms with Gasteiger partial charge in [-0.05, 0) is 29.8 Å². The summed E-state index contributed by atoms with van der Waals surface area (Å²) < 4.78 is 0. The van der Waals surface area contributed by atoms with Gasteiger partial charge in [0.15, 0.2) is 5.82 Å². The second-order valence-electron chi connectivity index (χ2n) is 5.83. The SMILES string of the molecule is O=C(NCc1ccccc1)c1cccc(Nc2ncnc3cc[nH]c23)c1. The molecule has 0 atom stereocenters. The Labute approximate surface area is 150 Å². The lowest BCUT2D eigenvalue weighted by atomic mass is 10.1. The summed E-state index contributed by atoms with van der Waals surface area (Å²) in [6.07, 6.45) is 3.33. The molecule has 4 rings (SSSR count). The number of hydrogen-bond acceptors (Lipinski definition) is 4. The van der Waals surface area contributed by atoms with Crippen molar-refractivity contribution in [3.8, 4) is 0 Å². The van der Waals surface area contributed by atoms with Gasteiger partial charge in [0, 0.05) is 24.0 Å². The first-order chi connectivity index (χ1) is 12.8. The molecule has 0 aliphatic heterocycles. The predicted molar refractivity (Wildman–Crippen MR) is 101 cm³/mol. The van der Waals surface area contributed by atoms with Crippen molar-refractivity contribution >= 4 is 28.4 Å². The highest BCUT2D eigenvalue weighted by atomic mass is 16.1. The summed E-state index contributed by atoms with van der Waals surface area (Å²) in [6, 6.07) is 19.0. The number of carbonyl (C=O) groups is 1. The van der Waals surface area contributed by atoms with Crippen LogP contribution in [0.2, 0.25) is 0 Å². The number of nitrogens with one attached hydrogen (secondary N) is 3. The van der Waals surface area contributed by atoms with Gasteiger partial charge in [0.25, 0.3) is 5.91 Å². The standard InChI is InChI=1S/C20H17N5O/c26-20(22-12-14-5-2-1-3-6-14)15-7-4-8-16(11-15)25-19-18-17(9-10-21-18)23-13-24-19/h1-11,13,21H,12H2,(H,22,26)(H,23,24,25). The van der Waals surface area contributed by atoms with Gasteiger partial charge in [-0.25, -0.2) is 9.97 Å². The highest BCUT2D eigenvalue weighted by Gasteiger charge is 2.08. The van der Waals surface area contributed by atoms with E-state index in [0.29, 0.717) is 17.9 Å². The molecule has 0 saturated heterocycles. The van der Waals surface area contributed by atoms with Gasteiger partial charge in [-0.2, -0.15) is 0 Å². The molecule has 2 heterocycles. The Morgan fingerprint density at radius 1 is 1.00 bits per heavy atom. The second kappa shape index (κ2) is 7.06. The topological polar surface area (TPSA) is 82.7 Å². The first kappa shape index (κ1) is 15.8. The number of hydrogen-bond donors (Lipinski definition) is 3. The number of nitrogens with zero attached hydrogens (tertiary/aromatic N) is 2. The van der Waals surface area contributed by atoms with E-state index in [4.69, 9.17) is 0 Å². The predicted octanol–water partition coefficient (Wildman–Crippen LogP) is 3.63. The summed E-state index contributed by atoms with van der Waals surface area (Å²) in [7, 11) is 0. The molecule has 0 unspecified atom stereocenters. The fourth-order valence-electron chi connectivity index (χ4n) is 2.72. The molecular weight excluding hydrogens is 326 g/mol. The van der Waals surface area contributed by atoms with Gasteiger partial charge in [0.2, 0.25) is 0 Å². The van der Waals surface area contributed by atoms with Crippen LogP contribution < -0.4 is 10.6 Å². The molecule has 0 fully saturated rings. The summed E-state index contributed by atoms with van der Waals surface area (Å²) in [5, 5.41) is 6.17. The van der Waals surface area contributed by atoms with Crippen LogP contribution in [0.4, 0.5) is 11.5 Å². The molecule has 0 aliphatic carbocycles. The van der Waals surface area contributed by atoms with E-state index >= 15 is 0 Å². The van der Waals surface area contributed by atoms with E-state index in [9.17, 15) is 4.79 Å². The second-order valence-corrected chi connectivity index (χ2v) is 5.83. The first-order valence-corrected chi connectivity index (χ1v) is 8.27. The number of amides is 1. The normalized spacial score (nSPS) is 10.6. The van der Waals surface area contributed by atoms with Crippen LogP contribution in [0.25, 0.3) is 11.0 Å². The van der Waals surface area contributed by atoms with Crippen LogP contribution in [0.15, 0.2) is 73.2 Å². The van der Waals surface area contributed by atoms with Crippen molar-refractivity contribution in [2.45, 2.75) is 6.54 Å². The summed E-state index contributed by atoms with van der Waals surface area (Å²) in [4.78, 5) is 24.0. The lowest BCUT2D eigenvalue weighted by Crippen LogP contribution is -2.22. The molecule has 6 heteroatoms. The third-order valence-electron chi connectivity index (χ3n) is 4.03. The quantitative estimate of drug-likeness (QED) is 0.517. The van der Waals surface area contributed by atoms with E-state index in [1.54, 1.807) is 12.1 Å². The van der Waals surface area contributed by atoms with E-state index in [1.807, 2.05) is 54.7 Å². The highest BCUT2D eigenvalue weighted by molar-refractivity contribution is 5.95. The Morgan fingerprint density at radius 3 is 2.77 bits per heavy atom. The van der Waals surface area contributed by atoms with Crippen molar-refractivity contribution in [3.63, 3.8) is 0 Å². The smallest absolute Gasteiger partial charge is 0.251 e. The molecule has 1 amide bonds. The molecule has 0 aliphatic rings. The van der Waals surface area contributed by atoms with Crippen LogP contribution in [0.5, 0.6) is 0 Å². The number of H-pyrrole nitrogens is 1. The van der Waals surface area contributed by atoms with Crippen LogP contribution in [0.1, 0.15) is 15.9 Å². The van der Waals surface area contributed by atoms with Crippen molar-refractivity contribution in [2.24, 2.45) is 0 Å². The van der Waals surface area contributed by atoms with Gasteiger partial charge in [-0.15, -0.1) is 0 Å². The maximum Gasteiger partial charge on any atom is 0.251 e. The molecule has 2 aromatic carbocycles. The first-order valence-electron chi connectivity index (χ1n) is 8.27. The molecule has 4 aromatic rings. The van der Waals surface area contributed by atoms with Gasteiger partial charge >= 0.3 is 0 Å². The van der Waals surface area contributed by atoms with E-state index < -0.39 is 0 Å². The summed E-state index contributed by atoms with van der Waals surface area (Å²) in [5.41, 5.74) is 4.09. The molecule has 0 spiro atoms. The molecule has 3 N–H and O–H groups in total. The maximum absolute atomic E-state index is 12.4. The minimum atomic E-state index is -0.120. The van der Waals surface area contributed by atoms with Gasteiger partial charge in [-0.1, -0.05) is 36.4 Å². The van der Waals surface area contributed by atoms with Crippen molar-refractivity contribution < 1.29 is 4.79 Å². The van der Waals surface area contributed by atoms with Gasteiger partial charge < -0.3 is 15.6 Å². The lowest BCUT2D eigenvalue weighted by molar-refractivity contribution is 0.0951. The van der Waals surface area contributed by atoms with Crippen LogP contribution >= 0.6 is 0 Å². The fraction of sp³-hybridized carbons (Fsp3) is 0.0500. The number of anilines is 2. The third-order valence-corrected chi connectivity index (χ3v) is 4.03. The van der Waals surface area contributed by atoms with E-state index in [0.717, 1.165) is 22.3 Å². The average molecular weight is 343 g/mol. The number of carbonyl (C=O) groups excluding carboxylic acids is 1.